The van der Waals surface area contributed by atoms with Gasteiger partial charge < -0.3 is 4.90 Å². The third-order valence-electron chi connectivity index (χ3n) is 2.78. The van der Waals surface area contributed by atoms with Crippen molar-refractivity contribution in [2.24, 2.45) is 0 Å². The maximum Gasteiger partial charge on any atom is 0.160 e. The zero-order chi connectivity index (χ0) is 12.0. The molecular formula is C13H11NOS2. The maximum absolute atomic E-state index is 10.8. The van der Waals surface area contributed by atoms with Crippen LogP contribution in [0.1, 0.15) is 9.67 Å². The largest absolute Gasteiger partial charge is 0.378 e. The summed E-state index contributed by atoms with van der Waals surface area (Å²) in [5, 5.41) is 1.26. The van der Waals surface area contributed by atoms with Crippen LogP contribution >= 0.6 is 22.7 Å². The third kappa shape index (κ3) is 1.64. The Balaban J connectivity index is 2.29. The molecule has 0 amide bonds. The Hall–Kier alpha value is -1.39. The summed E-state index contributed by atoms with van der Waals surface area (Å²) in [5.74, 6) is 0. The van der Waals surface area contributed by atoms with E-state index in [-0.39, 0.29) is 0 Å². The van der Waals surface area contributed by atoms with E-state index in [1.165, 1.54) is 25.2 Å². The van der Waals surface area contributed by atoms with Crippen LogP contribution in [0.5, 0.6) is 0 Å². The first-order chi connectivity index (χ1) is 8.19. The Morgan fingerprint density at radius 2 is 1.94 bits per heavy atom. The van der Waals surface area contributed by atoms with Crippen molar-refractivity contribution >= 4 is 54.1 Å². The summed E-state index contributed by atoms with van der Waals surface area (Å²) >= 11 is 3.33. The zero-order valence-corrected chi connectivity index (χ0v) is 11.2. The number of carbonyl (C=O) groups is 1. The van der Waals surface area contributed by atoms with Crippen LogP contribution in [0.4, 0.5) is 5.69 Å². The predicted octanol–water partition coefficient (Wildman–Crippen LogP) is 3.99. The molecule has 17 heavy (non-hydrogen) atoms. The van der Waals surface area contributed by atoms with Crippen molar-refractivity contribution in [1.82, 2.24) is 0 Å². The van der Waals surface area contributed by atoms with Gasteiger partial charge in [-0.3, -0.25) is 4.79 Å². The van der Waals surface area contributed by atoms with Crippen molar-refractivity contribution in [3.63, 3.8) is 0 Å². The summed E-state index contributed by atoms with van der Waals surface area (Å²) in [6, 6.07) is 8.45. The number of thiophene rings is 2. The number of rotatable bonds is 2. The van der Waals surface area contributed by atoms with Crippen LogP contribution in [0.2, 0.25) is 0 Å². The molecule has 86 valence electrons. The van der Waals surface area contributed by atoms with E-state index in [0.29, 0.717) is 0 Å². The third-order valence-corrected chi connectivity index (χ3v) is 5.10. The van der Waals surface area contributed by atoms with E-state index in [2.05, 4.69) is 23.1 Å². The number of nitrogens with zero attached hydrogens (tertiary/aromatic N) is 1. The average Bonchev–Trinajstić information content (AvgIpc) is 2.84. The summed E-state index contributed by atoms with van der Waals surface area (Å²) < 4.78 is 3.73. The lowest BCUT2D eigenvalue weighted by Crippen LogP contribution is -2.07. The number of aldehydes is 1. The number of hydrogen-bond donors (Lipinski definition) is 0. The molecule has 0 saturated heterocycles. The molecule has 2 nitrogen and oxygen atoms in total. The second-order valence-corrected chi connectivity index (χ2v) is 6.30. The highest BCUT2D eigenvalue weighted by atomic mass is 32.1. The van der Waals surface area contributed by atoms with Gasteiger partial charge in [-0.1, -0.05) is 6.07 Å². The molecule has 0 aliphatic carbocycles. The molecule has 0 aliphatic rings. The van der Waals surface area contributed by atoms with Crippen LogP contribution in [0.15, 0.2) is 24.3 Å². The standard InChI is InChI=1S/C13H11NOS2/c1-14(2)8-3-4-10-11(5-8)17-12-6-9(7-15)16-13(10)12/h3-7H,1-2H3. The van der Waals surface area contributed by atoms with E-state index in [9.17, 15) is 4.79 Å². The molecule has 0 N–H and O–H groups in total. The summed E-state index contributed by atoms with van der Waals surface area (Å²) in [6.45, 7) is 0. The van der Waals surface area contributed by atoms with Crippen molar-refractivity contribution < 1.29 is 4.79 Å². The van der Waals surface area contributed by atoms with Crippen molar-refractivity contribution in [3.05, 3.63) is 29.1 Å². The molecule has 0 bridgehead atoms. The molecule has 2 aromatic heterocycles. The van der Waals surface area contributed by atoms with Crippen molar-refractivity contribution in [3.8, 4) is 0 Å². The van der Waals surface area contributed by atoms with Gasteiger partial charge in [0, 0.05) is 34.6 Å². The van der Waals surface area contributed by atoms with Gasteiger partial charge in [0.15, 0.2) is 6.29 Å². The topological polar surface area (TPSA) is 20.3 Å². The molecule has 0 atom stereocenters. The molecule has 0 saturated carbocycles. The first-order valence-corrected chi connectivity index (χ1v) is 6.91. The predicted molar refractivity (Wildman–Crippen MR) is 76.9 cm³/mol. The number of anilines is 1. The Morgan fingerprint density at radius 3 is 2.65 bits per heavy atom. The van der Waals surface area contributed by atoms with Gasteiger partial charge in [0.2, 0.25) is 0 Å². The summed E-state index contributed by atoms with van der Waals surface area (Å²) in [5.41, 5.74) is 1.21. The van der Waals surface area contributed by atoms with Crippen LogP contribution in [0, 0.1) is 0 Å². The van der Waals surface area contributed by atoms with E-state index in [1.54, 1.807) is 22.7 Å². The lowest BCUT2D eigenvalue weighted by molar-refractivity contribution is 0.112. The quantitative estimate of drug-likeness (QED) is 0.650. The highest BCUT2D eigenvalue weighted by Crippen LogP contribution is 2.40. The van der Waals surface area contributed by atoms with Gasteiger partial charge in [-0.25, -0.2) is 0 Å². The van der Waals surface area contributed by atoms with E-state index in [1.807, 2.05) is 20.2 Å². The molecular weight excluding hydrogens is 250 g/mol. The van der Waals surface area contributed by atoms with Gasteiger partial charge in [0.1, 0.15) is 0 Å². The lowest BCUT2D eigenvalue weighted by Gasteiger charge is -2.11. The molecule has 0 unspecified atom stereocenters. The van der Waals surface area contributed by atoms with Gasteiger partial charge >= 0.3 is 0 Å². The minimum absolute atomic E-state index is 0.810. The zero-order valence-electron chi connectivity index (χ0n) is 9.56. The fourth-order valence-electron chi connectivity index (χ4n) is 1.89. The van der Waals surface area contributed by atoms with Crippen LogP contribution in [-0.4, -0.2) is 20.4 Å². The van der Waals surface area contributed by atoms with Gasteiger partial charge in [0.25, 0.3) is 0 Å². The smallest absolute Gasteiger partial charge is 0.160 e. The fraction of sp³-hybridized carbons (Fsp3) is 0.154. The lowest BCUT2D eigenvalue weighted by atomic mass is 10.2. The van der Waals surface area contributed by atoms with E-state index < -0.39 is 0 Å². The van der Waals surface area contributed by atoms with Crippen LogP contribution < -0.4 is 4.90 Å². The summed E-state index contributed by atoms with van der Waals surface area (Å²) in [6.07, 6.45) is 0.928. The molecule has 3 aromatic rings. The highest BCUT2D eigenvalue weighted by Gasteiger charge is 2.10. The van der Waals surface area contributed by atoms with Crippen molar-refractivity contribution in [2.45, 2.75) is 0 Å². The molecule has 2 heterocycles. The number of benzene rings is 1. The Bertz CT molecular complexity index is 709. The van der Waals surface area contributed by atoms with Gasteiger partial charge in [-0.15, -0.1) is 22.7 Å². The molecule has 0 radical (unpaired) electrons. The number of carbonyl (C=O) groups excluding carboxylic acids is 1. The molecule has 0 aliphatic heterocycles. The van der Waals surface area contributed by atoms with E-state index >= 15 is 0 Å². The van der Waals surface area contributed by atoms with E-state index in [4.69, 9.17) is 0 Å². The molecule has 4 heteroatoms. The van der Waals surface area contributed by atoms with Crippen LogP contribution in [0.25, 0.3) is 19.5 Å². The first kappa shape index (κ1) is 10.7. The minimum atomic E-state index is 0.810. The molecule has 1 aromatic carbocycles. The van der Waals surface area contributed by atoms with Gasteiger partial charge in [-0.2, -0.15) is 0 Å². The first-order valence-electron chi connectivity index (χ1n) is 5.27. The molecule has 0 fully saturated rings. The highest BCUT2D eigenvalue weighted by molar-refractivity contribution is 7.33. The second-order valence-electron chi connectivity index (χ2n) is 4.14. The van der Waals surface area contributed by atoms with Crippen LogP contribution in [-0.2, 0) is 0 Å². The second kappa shape index (κ2) is 3.82. The number of hydrogen-bond acceptors (Lipinski definition) is 4. The summed E-state index contributed by atoms with van der Waals surface area (Å²) in [7, 11) is 4.09. The van der Waals surface area contributed by atoms with Crippen molar-refractivity contribution in [1.29, 1.82) is 0 Å². The Kier molecular flexibility index (Phi) is 2.42. The van der Waals surface area contributed by atoms with Gasteiger partial charge in [-0.05, 0) is 18.2 Å². The maximum atomic E-state index is 10.8. The monoisotopic (exact) mass is 261 g/mol. The van der Waals surface area contributed by atoms with E-state index in [0.717, 1.165) is 11.2 Å². The molecule has 3 rings (SSSR count). The Morgan fingerprint density at radius 1 is 1.12 bits per heavy atom. The molecule has 0 spiro atoms. The minimum Gasteiger partial charge on any atom is -0.378 e. The SMILES string of the molecule is CN(C)c1ccc2c(c1)sc1cc(C=O)sc12. The number of fused-ring (bicyclic) bond motifs is 3. The van der Waals surface area contributed by atoms with Crippen LogP contribution in [0.3, 0.4) is 0 Å². The van der Waals surface area contributed by atoms with Gasteiger partial charge in [0.05, 0.1) is 9.58 Å². The summed E-state index contributed by atoms with van der Waals surface area (Å²) in [4.78, 5) is 13.7. The van der Waals surface area contributed by atoms with Crippen molar-refractivity contribution in [2.75, 3.05) is 19.0 Å². The Labute approximate surface area is 107 Å². The fourth-order valence-corrected chi connectivity index (χ4v) is 4.28. The normalized spacial score (nSPS) is 11.2. The average molecular weight is 261 g/mol.